The summed E-state index contributed by atoms with van der Waals surface area (Å²) in [7, 11) is 0. The van der Waals surface area contributed by atoms with Crippen LogP contribution in [0.25, 0.3) is 0 Å². The Morgan fingerprint density at radius 3 is 1.16 bits per heavy atom. The molecule has 0 spiro atoms. The van der Waals surface area contributed by atoms with Gasteiger partial charge in [-0.1, -0.05) is 0 Å². The molecule has 0 N–H and O–H groups in total. The third-order valence-corrected chi connectivity index (χ3v) is 32.5. The standard InChI is InChI=1S/C27H52Ge2O2/c1-5-28(6-2,26(30)24-18-12-9-13-19-24)22-16-11-17-23-29(7-3,8-4)27(31)25-20-14-10-15-21-25/h24-25H,5-23H2,1-4H3. The predicted octanol–water partition coefficient (Wildman–Crippen LogP) is 8.51. The van der Waals surface area contributed by atoms with E-state index in [4.69, 9.17) is 0 Å². The van der Waals surface area contributed by atoms with Gasteiger partial charge in [-0.25, -0.2) is 0 Å². The van der Waals surface area contributed by atoms with Crippen LogP contribution in [-0.2, 0) is 9.59 Å². The third-order valence-electron chi connectivity index (χ3n) is 9.52. The molecule has 0 bridgehead atoms. The fourth-order valence-electron chi connectivity index (χ4n) is 6.85. The molecule has 2 aliphatic carbocycles. The molecule has 2 fully saturated rings. The molecule has 0 aromatic heterocycles. The summed E-state index contributed by atoms with van der Waals surface area (Å²) in [5.41, 5.74) is 0. The van der Waals surface area contributed by atoms with Gasteiger partial charge >= 0.3 is 200 Å². The van der Waals surface area contributed by atoms with E-state index in [-0.39, 0.29) is 0 Å². The van der Waals surface area contributed by atoms with Crippen molar-refractivity contribution in [3.63, 3.8) is 0 Å². The SMILES string of the molecule is C[CH2][Ge]([CH2]C)([CH2]CCC[CH2][Ge]([CH2]C)([CH2]C)[C](=O)C1CCCCC1)[C](=O)C1CCCCC1. The summed E-state index contributed by atoms with van der Waals surface area (Å²) in [5.74, 6) is 0.842. The second-order valence-corrected chi connectivity index (χ2v) is 31.8. The van der Waals surface area contributed by atoms with Crippen molar-refractivity contribution in [2.75, 3.05) is 0 Å². The molecule has 2 saturated carbocycles. The summed E-state index contributed by atoms with van der Waals surface area (Å²) in [6.07, 6.45) is 16.3. The van der Waals surface area contributed by atoms with Gasteiger partial charge in [-0.2, -0.15) is 0 Å². The van der Waals surface area contributed by atoms with Crippen molar-refractivity contribution < 1.29 is 9.59 Å². The van der Waals surface area contributed by atoms with E-state index in [2.05, 4.69) is 27.7 Å². The average molecular weight is 554 g/mol. The van der Waals surface area contributed by atoms with E-state index in [9.17, 15) is 9.59 Å². The van der Waals surface area contributed by atoms with Crippen LogP contribution >= 0.6 is 0 Å². The average Bonchev–Trinajstić information content (AvgIpc) is 2.85. The fourth-order valence-corrected chi connectivity index (χ4v) is 24.6. The van der Waals surface area contributed by atoms with Gasteiger partial charge in [0.1, 0.15) is 0 Å². The predicted molar refractivity (Wildman–Crippen MR) is 140 cm³/mol. The normalized spacial score (nSPS) is 19.5. The summed E-state index contributed by atoms with van der Waals surface area (Å²) in [5, 5.41) is 7.29. The fraction of sp³-hybridized carbons (Fsp3) is 0.926. The molecule has 2 nitrogen and oxygen atoms in total. The molecule has 0 amide bonds. The van der Waals surface area contributed by atoms with Gasteiger partial charge in [0.2, 0.25) is 0 Å². The summed E-state index contributed by atoms with van der Waals surface area (Å²) >= 11 is -4.77. The first-order valence-electron chi connectivity index (χ1n) is 14.1. The number of hydrogen-bond acceptors (Lipinski definition) is 2. The molecule has 2 aliphatic rings. The molecular formula is C27H52Ge2O2. The minimum absolute atomic E-state index is 0.421. The molecule has 0 heterocycles. The van der Waals surface area contributed by atoms with E-state index in [1.54, 1.807) is 0 Å². The number of unbranched alkanes of at least 4 members (excludes halogenated alkanes) is 2. The van der Waals surface area contributed by atoms with Crippen LogP contribution in [0.5, 0.6) is 0 Å². The zero-order chi connectivity index (χ0) is 22.7. The maximum atomic E-state index is 13.5. The molecule has 0 aromatic rings. The molecule has 0 aromatic carbocycles. The van der Waals surface area contributed by atoms with Crippen molar-refractivity contribution in [3.05, 3.63) is 0 Å². The van der Waals surface area contributed by atoms with Gasteiger partial charge in [-0.3, -0.25) is 0 Å². The molecule has 0 aliphatic heterocycles. The molecule has 180 valence electrons. The molecule has 2 rings (SSSR count). The van der Waals surface area contributed by atoms with Crippen molar-refractivity contribution in [2.24, 2.45) is 11.8 Å². The summed E-state index contributed by atoms with van der Waals surface area (Å²) < 4.78 is 1.57. The van der Waals surface area contributed by atoms with Crippen LogP contribution in [0.1, 0.15) is 111 Å². The van der Waals surface area contributed by atoms with Crippen LogP contribution in [-0.4, -0.2) is 35.8 Å². The van der Waals surface area contributed by atoms with Crippen LogP contribution in [0.2, 0.25) is 31.5 Å². The van der Waals surface area contributed by atoms with Crippen molar-refractivity contribution in [3.8, 4) is 0 Å². The Kier molecular flexibility index (Phi) is 12.5. The summed E-state index contributed by atoms with van der Waals surface area (Å²) in [4.78, 5) is 27.0. The first-order valence-corrected chi connectivity index (χ1v) is 25.1. The Morgan fingerprint density at radius 1 is 0.548 bits per heavy atom. The van der Waals surface area contributed by atoms with Crippen molar-refractivity contribution in [1.29, 1.82) is 0 Å². The Hall–Kier alpha value is 0.426. The monoisotopic (exact) mass is 556 g/mol. The zero-order valence-corrected chi connectivity index (χ0v) is 25.6. The minimum atomic E-state index is -2.38. The van der Waals surface area contributed by atoms with Crippen LogP contribution in [0.3, 0.4) is 0 Å². The van der Waals surface area contributed by atoms with E-state index < -0.39 is 26.5 Å². The molecule has 0 radical (unpaired) electrons. The maximum absolute atomic E-state index is 13.5. The van der Waals surface area contributed by atoms with Gasteiger partial charge in [-0.15, -0.1) is 0 Å². The second-order valence-electron chi connectivity index (χ2n) is 10.9. The van der Waals surface area contributed by atoms with Crippen LogP contribution < -0.4 is 0 Å². The first kappa shape index (κ1) is 27.7. The van der Waals surface area contributed by atoms with E-state index in [1.807, 2.05) is 0 Å². The van der Waals surface area contributed by atoms with Gasteiger partial charge in [0.05, 0.1) is 0 Å². The van der Waals surface area contributed by atoms with Crippen LogP contribution in [0.4, 0.5) is 0 Å². The summed E-state index contributed by atoms with van der Waals surface area (Å²) in [6, 6.07) is 0. The third kappa shape index (κ3) is 7.20. The molecule has 0 atom stereocenters. The second kappa shape index (κ2) is 14.0. The van der Waals surface area contributed by atoms with Crippen LogP contribution in [0.15, 0.2) is 0 Å². The van der Waals surface area contributed by atoms with E-state index >= 15 is 0 Å². The van der Waals surface area contributed by atoms with Crippen LogP contribution in [0, 0.1) is 11.8 Å². The van der Waals surface area contributed by atoms with Gasteiger partial charge in [0.15, 0.2) is 0 Å². The molecule has 0 unspecified atom stereocenters. The Labute approximate surface area is 199 Å². The Balaban J connectivity index is 1.87. The van der Waals surface area contributed by atoms with Crippen molar-refractivity contribution >= 4 is 35.8 Å². The molecule has 31 heavy (non-hydrogen) atoms. The number of carbonyl (C=O) groups is 2. The quantitative estimate of drug-likeness (QED) is 0.160. The Bertz CT molecular complexity index is 491. The molecule has 4 heteroatoms. The Morgan fingerprint density at radius 2 is 0.871 bits per heavy atom. The van der Waals surface area contributed by atoms with E-state index in [0.29, 0.717) is 11.8 Å². The molecule has 0 saturated heterocycles. The number of carbonyl (C=O) groups excluding carboxylic acids is 2. The summed E-state index contributed by atoms with van der Waals surface area (Å²) in [6.45, 7) is 9.28. The molecular weight excluding hydrogens is 502 g/mol. The topological polar surface area (TPSA) is 34.1 Å². The van der Waals surface area contributed by atoms with Gasteiger partial charge < -0.3 is 0 Å². The van der Waals surface area contributed by atoms with Gasteiger partial charge in [0, 0.05) is 0 Å². The van der Waals surface area contributed by atoms with Gasteiger partial charge in [-0.05, 0) is 0 Å². The van der Waals surface area contributed by atoms with Crippen molar-refractivity contribution in [2.45, 2.75) is 143 Å². The van der Waals surface area contributed by atoms with Crippen molar-refractivity contribution in [1.82, 2.24) is 0 Å². The van der Waals surface area contributed by atoms with E-state index in [1.165, 1.54) is 115 Å². The van der Waals surface area contributed by atoms with Gasteiger partial charge in [0.25, 0.3) is 0 Å². The number of rotatable bonds is 14. The first-order chi connectivity index (χ1) is 15.0. The number of hydrogen-bond donors (Lipinski definition) is 0. The van der Waals surface area contributed by atoms with E-state index in [0.717, 1.165) is 9.23 Å². The zero-order valence-electron chi connectivity index (χ0n) is 21.4.